The second-order valence-corrected chi connectivity index (χ2v) is 4.33. The third kappa shape index (κ3) is 1.75. The zero-order valence-corrected chi connectivity index (χ0v) is 8.33. The van der Waals surface area contributed by atoms with Crippen molar-refractivity contribution in [3.8, 4) is 0 Å². The summed E-state index contributed by atoms with van der Waals surface area (Å²) in [6.45, 7) is 4.44. The molecule has 1 saturated carbocycles. The molecule has 0 saturated heterocycles. The molecule has 1 fully saturated rings. The fourth-order valence-electron chi connectivity index (χ4n) is 1.73. The molecule has 0 aromatic heterocycles. The van der Waals surface area contributed by atoms with Crippen LogP contribution < -0.4 is 5.73 Å². The van der Waals surface area contributed by atoms with E-state index >= 15 is 0 Å². The lowest BCUT2D eigenvalue weighted by Gasteiger charge is -2.05. The molecule has 2 rings (SSSR count). The van der Waals surface area contributed by atoms with Crippen molar-refractivity contribution in [2.75, 3.05) is 0 Å². The van der Waals surface area contributed by atoms with E-state index in [0.717, 1.165) is 0 Å². The lowest BCUT2D eigenvalue weighted by atomic mass is 10.0. The van der Waals surface area contributed by atoms with E-state index in [1.165, 1.54) is 17.5 Å². The first-order chi connectivity index (χ1) is 6.18. The smallest absolute Gasteiger partial charge is 0.0115 e. The topological polar surface area (TPSA) is 26.0 Å². The van der Waals surface area contributed by atoms with Gasteiger partial charge in [0.25, 0.3) is 0 Å². The van der Waals surface area contributed by atoms with Gasteiger partial charge in [0.2, 0.25) is 0 Å². The van der Waals surface area contributed by atoms with Crippen molar-refractivity contribution in [2.24, 2.45) is 5.73 Å². The minimum atomic E-state index is 0.421. The molecule has 0 heterocycles. The van der Waals surface area contributed by atoms with E-state index in [4.69, 9.17) is 5.73 Å². The molecule has 1 aliphatic rings. The standard InChI is InChI=1S/C12H17N/c1-8(2)9-3-5-10(6-4-9)11-7-12(11)13/h3-6,8,11-12H,7,13H2,1-2H3/t11-,12-/m1/s1. The highest BCUT2D eigenvalue weighted by atomic mass is 14.7. The second kappa shape index (κ2) is 3.15. The van der Waals surface area contributed by atoms with Crippen molar-refractivity contribution in [1.29, 1.82) is 0 Å². The molecule has 0 aliphatic heterocycles. The molecule has 1 aromatic rings. The summed E-state index contributed by atoms with van der Waals surface area (Å²) in [5.74, 6) is 1.27. The van der Waals surface area contributed by atoms with E-state index in [0.29, 0.717) is 17.9 Å². The zero-order chi connectivity index (χ0) is 9.42. The van der Waals surface area contributed by atoms with Gasteiger partial charge >= 0.3 is 0 Å². The predicted octanol–water partition coefficient (Wildman–Crippen LogP) is 2.62. The predicted molar refractivity (Wildman–Crippen MR) is 55.9 cm³/mol. The van der Waals surface area contributed by atoms with Crippen LogP contribution in [0.25, 0.3) is 0 Å². The van der Waals surface area contributed by atoms with Crippen molar-refractivity contribution in [1.82, 2.24) is 0 Å². The molecular weight excluding hydrogens is 158 g/mol. The molecule has 1 heteroatoms. The summed E-state index contributed by atoms with van der Waals surface area (Å²) in [7, 11) is 0. The number of hydrogen-bond donors (Lipinski definition) is 1. The normalized spacial score (nSPS) is 26.5. The third-order valence-electron chi connectivity index (χ3n) is 2.87. The van der Waals surface area contributed by atoms with Crippen LogP contribution in [0.1, 0.15) is 43.2 Å². The minimum absolute atomic E-state index is 0.421. The fourth-order valence-corrected chi connectivity index (χ4v) is 1.73. The molecule has 1 aliphatic carbocycles. The Labute approximate surface area is 80.0 Å². The largest absolute Gasteiger partial charge is 0.327 e. The van der Waals surface area contributed by atoms with Crippen LogP contribution in [-0.2, 0) is 0 Å². The first kappa shape index (κ1) is 8.76. The van der Waals surface area contributed by atoms with Gasteiger partial charge in [0.1, 0.15) is 0 Å². The Balaban J connectivity index is 2.14. The highest BCUT2D eigenvalue weighted by Crippen LogP contribution is 2.39. The Hall–Kier alpha value is -0.820. The molecular formula is C12H17N. The van der Waals surface area contributed by atoms with Gasteiger partial charge in [-0.25, -0.2) is 0 Å². The second-order valence-electron chi connectivity index (χ2n) is 4.33. The van der Waals surface area contributed by atoms with Gasteiger partial charge in [0.15, 0.2) is 0 Å². The summed E-state index contributed by atoms with van der Waals surface area (Å²) in [6.07, 6.45) is 1.17. The van der Waals surface area contributed by atoms with Crippen molar-refractivity contribution in [3.63, 3.8) is 0 Å². The van der Waals surface area contributed by atoms with Gasteiger partial charge in [-0.1, -0.05) is 38.1 Å². The maximum Gasteiger partial charge on any atom is 0.0115 e. The summed E-state index contributed by atoms with van der Waals surface area (Å²) >= 11 is 0. The third-order valence-corrected chi connectivity index (χ3v) is 2.87. The molecule has 2 N–H and O–H groups in total. The first-order valence-corrected chi connectivity index (χ1v) is 5.04. The molecule has 70 valence electrons. The molecule has 1 nitrogen and oxygen atoms in total. The van der Waals surface area contributed by atoms with Crippen molar-refractivity contribution in [2.45, 2.75) is 38.1 Å². The van der Waals surface area contributed by atoms with E-state index in [1.807, 2.05) is 0 Å². The van der Waals surface area contributed by atoms with E-state index < -0.39 is 0 Å². The Morgan fingerprint density at radius 3 is 2.15 bits per heavy atom. The molecule has 1 aromatic carbocycles. The summed E-state index contributed by atoms with van der Waals surface area (Å²) in [5.41, 5.74) is 8.62. The summed E-state index contributed by atoms with van der Waals surface area (Å²) < 4.78 is 0. The lowest BCUT2D eigenvalue weighted by Crippen LogP contribution is -2.00. The monoisotopic (exact) mass is 175 g/mol. The van der Waals surface area contributed by atoms with Crippen molar-refractivity contribution >= 4 is 0 Å². The summed E-state index contributed by atoms with van der Waals surface area (Å²) in [5, 5.41) is 0. The molecule has 2 atom stereocenters. The highest BCUT2D eigenvalue weighted by Gasteiger charge is 2.34. The quantitative estimate of drug-likeness (QED) is 0.734. The van der Waals surface area contributed by atoms with Crippen LogP contribution in [0, 0.1) is 0 Å². The fraction of sp³-hybridized carbons (Fsp3) is 0.500. The number of nitrogens with two attached hydrogens (primary N) is 1. The Morgan fingerprint density at radius 1 is 1.23 bits per heavy atom. The molecule has 13 heavy (non-hydrogen) atoms. The SMILES string of the molecule is CC(C)c1ccc([C@H]2C[C@H]2N)cc1. The van der Waals surface area contributed by atoms with Crippen LogP contribution in [0.4, 0.5) is 0 Å². The van der Waals surface area contributed by atoms with Crippen LogP contribution in [0.15, 0.2) is 24.3 Å². The Morgan fingerprint density at radius 2 is 1.77 bits per heavy atom. The van der Waals surface area contributed by atoms with Crippen LogP contribution in [0.3, 0.4) is 0 Å². The average Bonchev–Trinajstić information content (AvgIpc) is 2.83. The van der Waals surface area contributed by atoms with Crippen molar-refractivity contribution < 1.29 is 0 Å². The Kier molecular flexibility index (Phi) is 2.12. The lowest BCUT2D eigenvalue weighted by molar-refractivity contribution is 0.864. The van der Waals surface area contributed by atoms with Gasteiger partial charge in [-0.05, 0) is 23.5 Å². The summed E-state index contributed by atoms with van der Waals surface area (Å²) in [4.78, 5) is 0. The van der Waals surface area contributed by atoms with E-state index in [1.54, 1.807) is 0 Å². The van der Waals surface area contributed by atoms with Crippen LogP contribution in [0.2, 0.25) is 0 Å². The van der Waals surface area contributed by atoms with Crippen LogP contribution >= 0.6 is 0 Å². The molecule has 0 unspecified atom stereocenters. The number of rotatable bonds is 2. The van der Waals surface area contributed by atoms with Gasteiger partial charge in [-0.15, -0.1) is 0 Å². The van der Waals surface area contributed by atoms with Gasteiger partial charge in [-0.2, -0.15) is 0 Å². The molecule has 0 bridgehead atoms. The first-order valence-electron chi connectivity index (χ1n) is 5.04. The minimum Gasteiger partial charge on any atom is -0.327 e. The van der Waals surface area contributed by atoms with Gasteiger partial charge < -0.3 is 5.73 Å². The van der Waals surface area contributed by atoms with E-state index in [-0.39, 0.29) is 0 Å². The van der Waals surface area contributed by atoms with Gasteiger partial charge in [0.05, 0.1) is 0 Å². The van der Waals surface area contributed by atoms with E-state index in [2.05, 4.69) is 38.1 Å². The molecule has 0 radical (unpaired) electrons. The zero-order valence-electron chi connectivity index (χ0n) is 8.33. The van der Waals surface area contributed by atoms with Gasteiger partial charge in [0, 0.05) is 12.0 Å². The maximum atomic E-state index is 5.80. The Bertz CT molecular complexity index is 286. The number of hydrogen-bond acceptors (Lipinski definition) is 1. The number of benzene rings is 1. The average molecular weight is 175 g/mol. The van der Waals surface area contributed by atoms with E-state index in [9.17, 15) is 0 Å². The maximum absolute atomic E-state index is 5.80. The van der Waals surface area contributed by atoms with Crippen LogP contribution in [0.5, 0.6) is 0 Å². The highest BCUT2D eigenvalue weighted by molar-refractivity contribution is 5.31. The van der Waals surface area contributed by atoms with Crippen molar-refractivity contribution in [3.05, 3.63) is 35.4 Å². The molecule has 0 amide bonds. The molecule has 0 spiro atoms. The van der Waals surface area contributed by atoms with Crippen LogP contribution in [-0.4, -0.2) is 6.04 Å². The van der Waals surface area contributed by atoms with Gasteiger partial charge in [-0.3, -0.25) is 0 Å². The summed E-state index contributed by atoms with van der Waals surface area (Å²) in [6, 6.07) is 9.33.